The van der Waals surface area contributed by atoms with E-state index in [1.807, 2.05) is 66.4 Å². The molecule has 0 spiro atoms. The van der Waals surface area contributed by atoms with Gasteiger partial charge in [0.15, 0.2) is 5.75 Å². The minimum Gasteiger partial charge on any atom is -0.453 e. The third-order valence-electron chi connectivity index (χ3n) is 10.7. The van der Waals surface area contributed by atoms with E-state index in [-0.39, 0.29) is 17.6 Å². The lowest BCUT2D eigenvalue weighted by molar-refractivity contribution is -0.136. The normalized spacial score (nSPS) is 13.8. The molecule has 0 aliphatic carbocycles. The highest BCUT2D eigenvalue weighted by atomic mass is 19.1. The summed E-state index contributed by atoms with van der Waals surface area (Å²) < 4.78 is 20.3. The molecule has 1 aliphatic heterocycles. The molecule has 0 radical (unpaired) electrons. The maximum absolute atomic E-state index is 13.8. The summed E-state index contributed by atoms with van der Waals surface area (Å²) in [6.07, 6.45) is 6.75. The van der Waals surface area contributed by atoms with Gasteiger partial charge in [-0.2, -0.15) is 0 Å². The summed E-state index contributed by atoms with van der Waals surface area (Å²) in [5, 5.41) is 13.5. The summed E-state index contributed by atoms with van der Waals surface area (Å²) in [6, 6.07) is 33.5. The minimum absolute atomic E-state index is 0.0000591. The zero-order valence-corrected chi connectivity index (χ0v) is 35.3. The molecule has 1 saturated heterocycles. The Balaban J connectivity index is 1.02. The van der Waals surface area contributed by atoms with Crippen LogP contribution in [0.4, 0.5) is 16.3 Å². The molecule has 1 fully saturated rings. The molecule has 0 unspecified atom stereocenters. The molecule has 12 heteroatoms. The van der Waals surface area contributed by atoms with Gasteiger partial charge in [-0.05, 0) is 97.8 Å². The van der Waals surface area contributed by atoms with Gasteiger partial charge in [-0.25, -0.2) is 24.3 Å². The molecule has 61 heavy (non-hydrogen) atoms. The number of nitrogens with one attached hydrogen (secondary N) is 4. The number of carbonyl (C=O) groups excluding carboxylic acids is 1. The average molecular weight is 822 g/mol. The summed E-state index contributed by atoms with van der Waals surface area (Å²) in [5.41, 5.74) is 7.62. The maximum atomic E-state index is 13.8. The van der Waals surface area contributed by atoms with Crippen molar-refractivity contribution in [1.82, 2.24) is 35.5 Å². The van der Waals surface area contributed by atoms with Crippen LogP contribution in [-0.4, -0.2) is 69.5 Å². The summed E-state index contributed by atoms with van der Waals surface area (Å²) in [6.45, 7) is 11.1. The van der Waals surface area contributed by atoms with Crippen molar-refractivity contribution >= 4 is 17.8 Å². The number of benzene rings is 4. The van der Waals surface area contributed by atoms with Crippen molar-refractivity contribution in [2.45, 2.75) is 65.6 Å². The summed E-state index contributed by atoms with van der Waals surface area (Å²) in [7, 11) is 0. The first kappa shape index (κ1) is 42.9. The smallest absolute Gasteiger partial charge is 0.227 e. The number of rotatable bonds is 19. The van der Waals surface area contributed by atoms with Crippen LogP contribution in [-0.2, 0) is 30.7 Å². The highest BCUT2D eigenvalue weighted by Crippen LogP contribution is 2.33. The molecule has 6 aromatic rings. The van der Waals surface area contributed by atoms with Crippen molar-refractivity contribution in [3.63, 3.8) is 0 Å². The Morgan fingerprint density at radius 3 is 2.31 bits per heavy atom. The Morgan fingerprint density at radius 1 is 0.836 bits per heavy atom. The Labute approximate surface area is 358 Å². The number of piperidine rings is 1. The molecule has 2 aromatic heterocycles. The number of carbonyl (C=O) groups is 1. The molecule has 4 N–H and O–H groups in total. The predicted octanol–water partition coefficient (Wildman–Crippen LogP) is 8.69. The molecule has 4 aromatic carbocycles. The average Bonchev–Trinajstić information content (AvgIpc) is 3.29. The van der Waals surface area contributed by atoms with E-state index in [0.29, 0.717) is 67.7 Å². The maximum Gasteiger partial charge on any atom is 0.227 e. The number of nitrogens with zero attached hydrogens (tertiary/aromatic N) is 5. The van der Waals surface area contributed by atoms with Crippen LogP contribution in [0.1, 0.15) is 55.9 Å². The number of anilines is 2. The molecule has 7 rings (SSSR count). The van der Waals surface area contributed by atoms with Gasteiger partial charge in [0.1, 0.15) is 17.3 Å². The molecular formula is C49H56FN9O2. The zero-order valence-electron chi connectivity index (χ0n) is 35.3. The fourth-order valence-corrected chi connectivity index (χ4v) is 7.34. The van der Waals surface area contributed by atoms with Gasteiger partial charge in [0.25, 0.3) is 0 Å². The van der Waals surface area contributed by atoms with Crippen LogP contribution in [0, 0.1) is 11.7 Å². The van der Waals surface area contributed by atoms with Crippen molar-refractivity contribution < 1.29 is 13.9 Å². The van der Waals surface area contributed by atoms with Crippen LogP contribution < -0.4 is 26.0 Å². The molecule has 11 nitrogen and oxygen atoms in total. The van der Waals surface area contributed by atoms with Crippen LogP contribution in [0.5, 0.6) is 11.5 Å². The van der Waals surface area contributed by atoms with Crippen LogP contribution >= 0.6 is 0 Å². The van der Waals surface area contributed by atoms with Crippen molar-refractivity contribution in [2.24, 2.45) is 5.92 Å². The number of ether oxygens (including phenoxy) is 1. The van der Waals surface area contributed by atoms with Crippen LogP contribution in [0.25, 0.3) is 22.5 Å². The third kappa shape index (κ3) is 12.4. The molecule has 3 heterocycles. The lowest BCUT2D eigenvalue weighted by atomic mass is 9.97. The molecule has 1 amide bonds. The molecule has 0 bridgehead atoms. The second-order valence-electron chi connectivity index (χ2n) is 15.7. The van der Waals surface area contributed by atoms with Gasteiger partial charge in [-0.3, -0.25) is 4.79 Å². The predicted molar refractivity (Wildman–Crippen MR) is 241 cm³/mol. The molecule has 1 aliphatic rings. The molecular weight excluding hydrogens is 766 g/mol. The molecule has 0 saturated carbocycles. The fraction of sp³-hybridized carbons (Fsp3) is 0.327. The van der Waals surface area contributed by atoms with E-state index in [2.05, 4.69) is 75.4 Å². The van der Waals surface area contributed by atoms with E-state index in [9.17, 15) is 9.18 Å². The number of aromatic nitrogens is 4. The Hall–Kier alpha value is -6.24. The first-order valence-electron chi connectivity index (χ1n) is 21.4. The number of hydrogen-bond donors (Lipinski definition) is 4. The van der Waals surface area contributed by atoms with Crippen LogP contribution in [0.15, 0.2) is 116 Å². The quantitative estimate of drug-likeness (QED) is 0.0630. The monoisotopic (exact) mass is 821 g/mol. The second-order valence-corrected chi connectivity index (χ2v) is 15.7. The van der Waals surface area contributed by atoms with E-state index in [0.717, 1.165) is 72.4 Å². The van der Waals surface area contributed by atoms with Gasteiger partial charge >= 0.3 is 0 Å². The van der Waals surface area contributed by atoms with Crippen molar-refractivity contribution in [3.05, 3.63) is 144 Å². The Kier molecular flexibility index (Phi) is 15.0. The van der Waals surface area contributed by atoms with E-state index in [4.69, 9.17) is 14.7 Å². The third-order valence-corrected chi connectivity index (χ3v) is 10.7. The SMILES string of the molecule is CCN(Cc1cccc(-c2nc(NCCc3cccc(F)c3)ncc2Oc2ccc(CCNc3nccc(-c4ccc(CNC(C)C)cc4)n3)cc2)c1)C(=O)[C@@H]1CCCNC1. The highest BCUT2D eigenvalue weighted by molar-refractivity contribution is 5.79. The van der Waals surface area contributed by atoms with Gasteiger partial charge in [0, 0.05) is 62.6 Å². The van der Waals surface area contributed by atoms with Crippen LogP contribution in [0.2, 0.25) is 0 Å². The zero-order chi connectivity index (χ0) is 42.4. The van der Waals surface area contributed by atoms with E-state index < -0.39 is 0 Å². The second kappa shape index (κ2) is 21.3. The minimum atomic E-state index is -0.260. The summed E-state index contributed by atoms with van der Waals surface area (Å²) in [4.78, 5) is 34.1. The first-order valence-corrected chi connectivity index (χ1v) is 21.4. The topological polar surface area (TPSA) is 129 Å². The lowest BCUT2D eigenvalue weighted by Gasteiger charge is -2.29. The van der Waals surface area contributed by atoms with Gasteiger partial charge in [0.05, 0.1) is 17.8 Å². The number of amides is 1. The van der Waals surface area contributed by atoms with E-state index >= 15 is 0 Å². The fourth-order valence-electron chi connectivity index (χ4n) is 7.34. The Bertz CT molecular complexity index is 2330. The molecule has 1 atom stereocenters. The highest BCUT2D eigenvalue weighted by Gasteiger charge is 2.25. The van der Waals surface area contributed by atoms with E-state index in [1.165, 1.54) is 17.7 Å². The van der Waals surface area contributed by atoms with Gasteiger partial charge < -0.3 is 30.9 Å². The van der Waals surface area contributed by atoms with E-state index in [1.54, 1.807) is 18.5 Å². The largest absolute Gasteiger partial charge is 0.453 e. The van der Waals surface area contributed by atoms with Gasteiger partial charge in [-0.1, -0.05) is 80.6 Å². The van der Waals surface area contributed by atoms with Gasteiger partial charge in [-0.15, -0.1) is 0 Å². The number of hydrogen-bond acceptors (Lipinski definition) is 10. The standard InChI is InChI=1S/C49H56FN9O2/c1-4-59(47(60)41-11-7-24-51-31-41)33-38-9-5-10-40(28-38)46-45(32-56-49(58-46)53-26-22-36-8-6-12-42(50)29-36)61-43-19-15-35(16-20-43)21-25-52-48-54-27-23-44(57-48)39-17-13-37(14-18-39)30-55-34(2)3/h5-6,8-10,12-20,23,27-29,32,34,41,51,55H,4,7,11,21-22,24-26,30-31,33H2,1-3H3,(H,52,54,57)(H,53,56,58)/t41-/m1/s1. The lowest BCUT2D eigenvalue weighted by Crippen LogP contribution is -2.42. The summed E-state index contributed by atoms with van der Waals surface area (Å²) >= 11 is 0. The van der Waals surface area contributed by atoms with Crippen molar-refractivity contribution in [3.8, 4) is 34.0 Å². The van der Waals surface area contributed by atoms with Crippen molar-refractivity contribution in [1.29, 1.82) is 0 Å². The van der Waals surface area contributed by atoms with Crippen LogP contribution in [0.3, 0.4) is 0 Å². The van der Waals surface area contributed by atoms with Crippen molar-refractivity contribution in [2.75, 3.05) is 43.4 Å². The Morgan fingerprint density at radius 2 is 1.57 bits per heavy atom. The number of halogens is 1. The molecule has 316 valence electrons. The summed E-state index contributed by atoms with van der Waals surface area (Å²) in [5.74, 6) is 2.09. The van der Waals surface area contributed by atoms with Gasteiger partial charge in [0.2, 0.25) is 17.8 Å². The first-order chi connectivity index (χ1) is 29.8.